The minimum Gasteiger partial charge on any atom is -0.326 e. The zero-order valence-corrected chi connectivity index (χ0v) is 17.7. The van der Waals surface area contributed by atoms with E-state index in [9.17, 15) is 13.2 Å². The van der Waals surface area contributed by atoms with Crippen molar-refractivity contribution in [1.82, 2.24) is 4.31 Å². The summed E-state index contributed by atoms with van der Waals surface area (Å²) in [6.45, 7) is 4.71. The minimum absolute atomic E-state index is 0.0419. The van der Waals surface area contributed by atoms with E-state index in [2.05, 4.69) is 11.4 Å². The number of nitrogens with zero attached hydrogens (tertiary/aromatic N) is 1. The molecular weight excluding hydrogens is 396 g/mol. The van der Waals surface area contributed by atoms with Crippen molar-refractivity contribution in [3.63, 3.8) is 0 Å². The van der Waals surface area contributed by atoms with Gasteiger partial charge in [-0.15, -0.1) is 0 Å². The highest BCUT2D eigenvalue weighted by atomic mass is 35.5. The zero-order valence-electron chi connectivity index (χ0n) is 16.1. The molecule has 0 unspecified atom stereocenters. The zero-order chi connectivity index (χ0) is 20.3. The molecule has 1 fully saturated rings. The third-order valence-corrected chi connectivity index (χ3v) is 7.07. The van der Waals surface area contributed by atoms with Crippen LogP contribution in [0.25, 0.3) is 0 Å². The van der Waals surface area contributed by atoms with Crippen molar-refractivity contribution in [2.75, 3.05) is 18.4 Å². The van der Waals surface area contributed by atoms with Gasteiger partial charge in [0.1, 0.15) is 0 Å². The molecule has 0 bridgehead atoms. The molecule has 1 heterocycles. The van der Waals surface area contributed by atoms with Gasteiger partial charge in [0, 0.05) is 29.7 Å². The Bertz CT molecular complexity index is 930. The van der Waals surface area contributed by atoms with Crippen LogP contribution in [-0.2, 0) is 20.6 Å². The van der Waals surface area contributed by atoms with Gasteiger partial charge < -0.3 is 5.32 Å². The Hall–Kier alpha value is -1.89. The molecule has 0 atom stereocenters. The van der Waals surface area contributed by atoms with Crippen molar-refractivity contribution in [3.8, 4) is 0 Å². The van der Waals surface area contributed by atoms with Crippen LogP contribution in [0, 0.1) is 19.8 Å². The number of sulfonamides is 1. The number of amides is 1. The summed E-state index contributed by atoms with van der Waals surface area (Å²) >= 11 is 5.85. The number of rotatable bonds is 5. The molecule has 0 spiro atoms. The SMILES string of the molecule is Cc1cc(C)cc(NC(=O)C2CCN(S(=O)(=O)Cc3ccc(Cl)cc3)CC2)c1. The predicted molar refractivity (Wildman–Crippen MR) is 113 cm³/mol. The highest BCUT2D eigenvalue weighted by molar-refractivity contribution is 7.88. The van der Waals surface area contributed by atoms with Crippen LogP contribution in [0.2, 0.25) is 5.02 Å². The molecule has 1 aliphatic rings. The van der Waals surface area contributed by atoms with E-state index < -0.39 is 10.0 Å². The van der Waals surface area contributed by atoms with E-state index in [1.165, 1.54) is 4.31 Å². The van der Waals surface area contributed by atoms with Gasteiger partial charge in [-0.25, -0.2) is 12.7 Å². The van der Waals surface area contributed by atoms with Gasteiger partial charge in [-0.3, -0.25) is 4.79 Å². The van der Waals surface area contributed by atoms with Crippen LogP contribution in [0.1, 0.15) is 29.5 Å². The Morgan fingerprint density at radius 1 is 1.07 bits per heavy atom. The standard InChI is InChI=1S/C21H25ClN2O3S/c1-15-11-16(2)13-20(12-15)23-21(25)18-7-9-24(10-8-18)28(26,27)14-17-3-5-19(22)6-4-17/h3-6,11-13,18H,7-10,14H2,1-2H3,(H,23,25). The first-order valence-electron chi connectivity index (χ1n) is 9.34. The van der Waals surface area contributed by atoms with Gasteiger partial charge in [0.2, 0.25) is 15.9 Å². The smallest absolute Gasteiger partial charge is 0.227 e. The van der Waals surface area contributed by atoms with Gasteiger partial charge >= 0.3 is 0 Å². The van der Waals surface area contributed by atoms with Crippen molar-refractivity contribution in [1.29, 1.82) is 0 Å². The molecule has 2 aromatic rings. The Morgan fingerprint density at radius 3 is 2.21 bits per heavy atom. The van der Waals surface area contributed by atoms with Gasteiger partial charge in [0.25, 0.3) is 0 Å². The topological polar surface area (TPSA) is 66.5 Å². The number of anilines is 1. The fourth-order valence-corrected chi connectivity index (χ4v) is 5.26. The summed E-state index contributed by atoms with van der Waals surface area (Å²) in [6, 6.07) is 12.8. The lowest BCUT2D eigenvalue weighted by atomic mass is 9.97. The molecule has 7 heteroatoms. The van der Waals surface area contributed by atoms with Crippen molar-refractivity contribution in [2.24, 2.45) is 5.92 Å². The summed E-state index contributed by atoms with van der Waals surface area (Å²) in [5.74, 6) is -0.272. The number of hydrogen-bond donors (Lipinski definition) is 1. The second-order valence-corrected chi connectivity index (χ2v) is 9.83. The molecule has 0 aliphatic carbocycles. The van der Waals surface area contributed by atoms with E-state index >= 15 is 0 Å². The first-order valence-corrected chi connectivity index (χ1v) is 11.3. The lowest BCUT2D eigenvalue weighted by molar-refractivity contribution is -0.120. The average Bonchev–Trinajstić information content (AvgIpc) is 2.63. The second-order valence-electron chi connectivity index (χ2n) is 7.42. The third kappa shape index (κ3) is 5.34. The Morgan fingerprint density at radius 2 is 1.64 bits per heavy atom. The number of nitrogens with one attached hydrogen (secondary N) is 1. The molecule has 0 saturated carbocycles. The summed E-state index contributed by atoms with van der Waals surface area (Å²) in [7, 11) is -3.41. The van der Waals surface area contributed by atoms with Crippen molar-refractivity contribution in [3.05, 3.63) is 64.2 Å². The van der Waals surface area contributed by atoms with Crippen molar-refractivity contribution in [2.45, 2.75) is 32.4 Å². The van der Waals surface area contributed by atoms with Crippen LogP contribution in [0.5, 0.6) is 0 Å². The first-order chi connectivity index (χ1) is 13.2. The molecule has 1 amide bonds. The number of halogens is 1. The summed E-state index contributed by atoms with van der Waals surface area (Å²) in [6.07, 6.45) is 1.05. The van der Waals surface area contributed by atoms with Crippen molar-refractivity contribution >= 4 is 33.2 Å². The van der Waals surface area contributed by atoms with Crippen LogP contribution < -0.4 is 5.32 Å². The van der Waals surface area contributed by atoms with E-state index in [4.69, 9.17) is 11.6 Å². The summed E-state index contributed by atoms with van der Waals surface area (Å²) in [4.78, 5) is 12.6. The third-order valence-electron chi connectivity index (χ3n) is 4.97. The van der Waals surface area contributed by atoms with E-state index in [1.807, 2.05) is 26.0 Å². The van der Waals surface area contributed by atoms with E-state index in [0.717, 1.165) is 16.8 Å². The summed E-state index contributed by atoms with van der Waals surface area (Å²) in [5, 5.41) is 3.55. The number of carbonyl (C=O) groups excluding carboxylic acids is 1. The van der Waals surface area contributed by atoms with E-state index in [-0.39, 0.29) is 17.6 Å². The molecular formula is C21H25ClN2O3S. The summed E-state index contributed by atoms with van der Waals surface area (Å²) < 4.78 is 26.8. The minimum atomic E-state index is -3.41. The molecule has 1 saturated heterocycles. The maximum Gasteiger partial charge on any atom is 0.227 e. The number of piperidine rings is 1. The van der Waals surface area contributed by atoms with Crippen LogP contribution in [0.3, 0.4) is 0 Å². The van der Waals surface area contributed by atoms with Crippen LogP contribution >= 0.6 is 11.6 Å². The van der Waals surface area contributed by atoms with Gasteiger partial charge in [0.05, 0.1) is 5.75 Å². The molecule has 2 aromatic carbocycles. The molecule has 3 rings (SSSR count). The maximum absolute atomic E-state index is 12.7. The molecule has 28 heavy (non-hydrogen) atoms. The summed E-state index contributed by atoms with van der Waals surface area (Å²) in [5.41, 5.74) is 3.69. The average molecular weight is 421 g/mol. The van der Waals surface area contributed by atoms with Gasteiger partial charge in [0.15, 0.2) is 0 Å². The van der Waals surface area contributed by atoms with Gasteiger partial charge in [-0.05, 0) is 67.6 Å². The second kappa shape index (κ2) is 8.64. The van der Waals surface area contributed by atoms with Crippen LogP contribution in [-0.4, -0.2) is 31.7 Å². The highest BCUT2D eigenvalue weighted by Gasteiger charge is 2.31. The molecule has 5 nitrogen and oxygen atoms in total. The highest BCUT2D eigenvalue weighted by Crippen LogP contribution is 2.24. The molecule has 0 aromatic heterocycles. The molecule has 1 N–H and O–H groups in total. The predicted octanol–water partition coefficient (Wildman–Crippen LogP) is 4.14. The quantitative estimate of drug-likeness (QED) is 0.790. The Balaban J connectivity index is 1.57. The number of benzene rings is 2. The molecule has 0 radical (unpaired) electrons. The van der Waals surface area contributed by atoms with E-state index in [0.29, 0.717) is 36.5 Å². The maximum atomic E-state index is 12.7. The Kier molecular flexibility index (Phi) is 6.43. The lowest BCUT2D eigenvalue weighted by Crippen LogP contribution is -2.41. The largest absolute Gasteiger partial charge is 0.326 e. The molecule has 150 valence electrons. The Labute approximate surface area is 171 Å². The fourth-order valence-electron chi connectivity index (χ4n) is 3.57. The first kappa shape index (κ1) is 20.8. The fraction of sp³-hybridized carbons (Fsp3) is 0.381. The number of hydrogen-bond acceptors (Lipinski definition) is 3. The number of carbonyl (C=O) groups is 1. The lowest BCUT2D eigenvalue weighted by Gasteiger charge is -2.30. The molecule has 1 aliphatic heterocycles. The van der Waals surface area contributed by atoms with Gasteiger partial charge in [-0.2, -0.15) is 0 Å². The van der Waals surface area contributed by atoms with Crippen molar-refractivity contribution < 1.29 is 13.2 Å². The van der Waals surface area contributed by atoms with E-state index in [1.54, 1.807) is 24.3 Å². The number of aryl methyl sites for hydroxylation is 2. The van der Waals surface area contributed by atoms with Crippen LogP contribution in [0.4, 0.5) is 5.69 Å². The normalized spacial score (nSPS) is 16.1. The van der Waals surface area contributed by atoms with Crippen LogP contribution in [0.15, 0.2) is 42.5 Å². The van der Waals surface area contributed by atoms with Gasteiger partial charge in [-0.1, -0.05) is 29.8 Å². The monoisotopic (exact) mass is 420 g/mol.